The Balaban J connectivity index is 2.10. The van der Waals surface area contributed by atoms with Gasteiger partial charge in [0, 0.05) is 38.1 Å². The molecule has 0 bridgehead atoms. The maximum atomic E-state index is 10.5. The van der Waals surface area contributed by atoms with Gasteiger partial charge < -0.3 is 4.90 Å². The fraction of sp³-hybridized carbons (Fsp3) is 0.133. The lowest BCUT2D eigenvalue weighted by molar-refractivity contribution is -0.384. The van der Waals surface area contributed by atoms with Crippen molar-refractivity contribution in [2.45, 2.75) is 0 Å². The normalized spacial score (nSPS) is 10.7. The zero-order valence-corrected chi connectivity index (χ0v) is 11.4. The number of anilines is 1. The Morgan fingerprint density at radius 1 is 1.05 bits per heavy atom. The molecule has 0 saturated heterocycles. The molecule has 0 aliphatic rings. The lowest BCUT2D eigenvalue weighted by Crippen LogP contribution is -2.07. The van der Waals surface area contributed by atoms with Crippen LogP contribution in [0.2, 0.25) is 0 Å². The molecule has 0 unspecified atom stereocenters. The second-order valence-corrected chi connectivity index (χ2v) is 4.52. The second kappa shape index (κ2) is 5.97. The number of non-ortho nitro benzene ring substituents is 1. The molecule has 5 heteroatoms. The average molecular weight is 269 g/mol. The predicted molar refractivity (Wildman–Crippen MR) is 81.1 cm³/mol. The number of nitrogens with zero attached hydrogens (tertiary/aromatic N) is 3. The molecule has 2 rings (SSSR count). The molecule has 0 aliphatic heterocycles. The Morgan fingerprint density at radius 3 is 2.15 bits per heavy atom. The third kappa shape index (κ3) is 3.41. The number of nitro groups is 1. The van der Waals surface area contributed by atoms with E-state index < -0.39 is 4.92 Å². The summed E-state index contributed by atoms with van der Waals surface area (Å²) in [6.45, 7) is 0. The zero-order valence-electron chi connectivity index (χ0n) is 11.4. The van der Waals surface area contributed by atoms with Crippen molar-refractivity contribution in [3.05, 3.63) is 64.2 Å². The summed E-state index contributed by atoms with van der Waals surface area (Å²) >= 11 is 0. The highest BCUT2D eigenvalue weighted by Crippen LogP contribution is 2.18. The highest BCUT2D eigenvalue weighted by Gasteiger charge is 2.02. The van der Waals surface area contributed by atoms with Crippen LogP contribution in [0.25, 0.3) is 0 Å². The van der Waals surface area contributed by atoms with Crippen LogP contribution in [-0.4, -0.2) is 25.2 Å². The molecule has 0 spiro atoms. The molecule has 0 amide bonds. The maximum absolute atomic E-state index is 10.5. The van der Waals surface area contributed by atoms with E-state index in [-0.39, 0.29) is 5.69 Å². The number of benzene rings is 2. The van der Waals surface area contributed by atoms with Crippen molar-refractivity contribution in [3.63, 3.8) is 0 Å². The first kappa shape index (κ1) is 13.7. The van der Waals surface area contributed by atoms with Crippen LogP contribution in [0, 0.1) is 10.1 Å². The molecule has 0 fully saturated rings. The second-order valence-electron chi connectivity index (χ2n) is 4.52. The Labute approximate surface area is 117 Å². The largest absolute Gasteiger partial charge is 0.378 e. The van der Waals surface area contributed by atoms with Crippen LogP contribution in [0.1, 0.15) is 5.56 Å². The lowest BCUT2D eigenvalue weighted by Gasteiger charge is -2.11. The summed E-state index contributed by atoms with van der Waals surface area (Å²) in [5.41, 5.74) is 2.86. The molecule has 0 radical (unpaired) electrons. The van der Waals surface area contributed by atoms with Gasteiger partial charge in [0.05, 0.1) is 10.6 Å². The highest BCUT2D eigenvalue weighted by molar-refractivity contribution is 5.82. The molecule has 0 aliphatic carbocycles. The molecule has 0 saturated carbocycles. The van der Waals surface area contributed by atoms with E-state index in [1.165, 1.54) is 12.1 Å². The molecule has 20 heavy (non-hydrogen) atoms. The predicted octanol–water partition coefficient (Wildman–Crippen LogP) is 3.41. The van der Waals surface area contributed by atoms with Gasteiger partial charge in [0.1, 0.15) is 0 Å². The molecule has 2 aromatic carbocycles. The molecule has 0 heterocycles. The van der Waals surface area contributed by atoms with Gasteiger partial charge in [0.15, 0.2) is 0 Å². The first-order valence-corrected chi connectivity index (χ1v) is 6.12. The Bertz CT molecular complexity index is 617. The first-order chi connectivity index (χ1) is 9.56. The summed E-state index contributed by atoms with van der Waals surface area (Å²) in [7, 11) is 3.96. The van der Waals surface area contributed by atoms with E-state index in [1.807, 2.05) is 43.3 Å². The van der Waals surface area contributed by atoms with Crippen molar-refractivity contribution >= 4 is 23.3 Å². The quantitative estimate of drug-likeness (QED) is 0.485. The van der Waals surface area contributed by atoms with Crippen molar-refractivity contribution in [1.29, 1.82) is 0 Å². The molecule has 5 nitrogen and oxygen atoms in total. The summed E-state index contributed by atoms with van der Waals surface area (Å²) in [4.78, 5) is 16.5. The minimum atomic E-state index is -0.416. The van der Waals surface area contributed by atoms with Gasteiger partial charge in [-0.1, -0.05) is 0 Å². The van der Waals surface area contributed by atoms with E-state index in [0.717, 1.165) is 16.9 Å². The van der Waals surface area contributed by atoms with Crippen molar-refractivity contribution in [2.75, 3.05) is 19.0 Å². The average Bonchev–Trinajstić information content (AvgIpc) is 2.46. The molecule has 0 aromatic heterocycles. The van der Waals surface area contributed by atoms with Crippen molar-refractivity contribution in [2.24, 2.45) is 4.99 Å². The van der Waals surface area contributed by atoms with Crippen molar-refractivity contribution in [3.8, 4) is 0 Å². The summed E-state index contributed by atoms with van der Waals surface area (Å²) in [6, 6.07) is 14.1. The summed E-state index contributed by atoms with van der Waals surface area (Å²) in [5.74, 6) is 0. The van der Waals surface area contributed by atoms with Crippen molar-refractivity contribution in [1.82, 2.24) is 0 Å². The maximum Gasteiger partial charge on any atom is 0.269 e. The fourth-order valence-corrected chi connectivity index (χ4v) is 1.67. The first-order valence-electron chi connectivity index (χ1n) is 6.12. The Morgan fingerprint density at radius 2 is 1.65 bits per heavy atom. The van der Waals surface area contributed by atoms with Crippen LogP contribution >= 0.6 is 0 Å². The summed E-state index contributed by atoms with van der Waals surface area (Å²) in [5, 5.41) is 10.5. The standard InChI is InChI=1S/C15H15N3O2/c1-17(2)14-9-5-13(6-10-14)16-11-12-3-7-15(8-4-12)18(19)20/h3-11H,1-2H3. The number of hydrogen-bond acceptors (Lipinski definition) is 4. The van der Waals surface area contributed by atoms with Crippen LogP contribution in [0.15, 0.2) is 53.5 Å². The molecule has 2 aromatic rings. The third-order valence-corrected chi connectivity index (χ3v) is 2.83. The van der Waals surface area contributed by atoms with Gasteiger partial charge in [0.2, 0.25) is 0 Å². The van der Waals surface area contributed by atoms with E-state index >= 15 is 0 Å². The number of nitro benzene ring substituents is 1. The van der Waals surface area contributed by atoms with E-state index in [2.05, 4.69) is 4.99 Å². The third-order valence-electron chi connectivity index (χ3n) is 2.83. The van der Waals surface area contributed by atoms with Crippen LogP contribution in [-0.2, 0) is 0 Å². The van der Waals surface area contributed by atoms with E-state index in [1.54, 1.807) is 18.3 Å². The number of rotatable bonds is 4. The molecule has 0 atom stereocenters. The monoisotopic (exact) mass is 269 g/mol. The van der Waals surface area contributed by atoms with Gasteiger partial charge in [-0.05, 0) is 42.0 Å². The number of hydrogen-bond donors (Lipinski definition) is 0. The molecular formula is C15H15N3O2. The smallest absolute Gasteiger partial charge is 0.269 e. The van der Waals surface area contributed by atoms with Crippen LogP contribution in [0.5, 0.6) is 0 Å². The highest BCUT2D eigenvalue weighted by atomic mass is 16.6. The van der Waals surface area contributed by atoms with Crippen LogP contribution in [0.3, 0.4) is 0 Å². The topological polar surface area (TPSA) is 58.7 Å². The SMILES string of the molecule is CN(C)c1ccc(N=Cc2ccc([N+](=O)[O-])cc2)cc1. The minimum absolute atomic E-state index is 0.0810. The fourth-order valence-electron chi connectivity index (χ4n) is 1.67. The Kier molecular flexibility index (Phi) is 4.10. The summed E-state index contributed by atoms with van der Waals surface area (Å²) < 4.78 is 0. The van der Waals surface area contributed by atoms with Gasteiger partial charge >= 0.3 is 0 Å². The zero-order chi connectivity index (χ0) is 14.5. The van der Waals surface area contributed by atoms with Crippen molar-refractivity contribution < 1.29 is 4.92 Å². The molecule has 0 N–H and O–H groups in total. The van der Waals surface area contributed by atoms with E-state index in [9.17, 15) is 10.1 Å². The number of aliphatic imine (C=N–C) groups is 1. The lowest BCUT2D eigenvalue weighted by atomic mass is 10.2. The minimum Gasteiger partial charge on any atom is -0.378 e. The van der Waals surface area contributed by atoms with Gasteiger partial charge in [-0.2, -0.15) is 0 Å². The van der Waals surface area contributed by atoms with E-state index in [0.29, 0.717) is 0 Å². The van der Waals surface area contributed by atoms with Crippen LogP contribution in [0.4, 0.5) is 17.1 Å². The van der Waals surface area contributed by atoms with Crippen LogP contribution < -0.4 is 4.90 Å². The van der Waals surface area contributed by atoms with E-state index in [4.69, 9.17) is 0 Å². The van der Waals surface area contributed by atoms with Gasteiger partial charge in [-0.15, -0.1) is 0 Å². The van der Waals surface area contributed by atoms with Gasteiger partial charge in [0.25, 0.3) is 5.69 Å². The van der Waals surface area contributed by atoms with Gasteiger partial charge in [-0.3, -0.25) is 15.1 Å². The molecular weight excluding hydrogens is 254 g/mol. The Hall–Kier alpha value is -2.69. The van der Waals surface area contributed by atoms with Gasteiger partial charge in [-0.25, -0.2) is 0 Å². The molecule has 102 valence electrons. The summed E-state index contributed by atoms with van der Waals surface area (Å²) in [6.07, 6.45) is 1.69.